The third-order valence-corrected chi connectivity index (χ3v) is 5.31. The normalized spacial score (nSPS) is 16.0. The molecule has 1 aromatic carbocycles. The molecule has 1 aliphatic rings. The van der Waals surface area contributed by atoms with Gasteiger partial charge in [0, 0.05) is 30.0 Å². The van der Waals surface area contributed by atoms with Gasteiger partial charge in [0.25, 0.3) is 0 Å². The molecule has 0 saturated carbocycles. The van der Waals surface area contributed by atoms with Crippen LogP contribution in [0.25, 0.3) is 0 Å². The van der Waals surface area contributed by atoms with Crippen LogP contribution in [-0.2, 0) is 12.0 Å². The Balaban J connectivity index is 1.76. The number of hydrogen-bond donors (Lipinski definition) is 2. The summed E-state index contributed by atoms with van der Waals surface area (Å²) in [5, 5.41) is 13.5. The molecule has 7 heteroatoms. The van der Waals surface area contributed by atoms with E-state index >= 15 is 0 Å². The SMILES string of the molecule is CC(O)(c1ccc2c(c1)N(c1ccnc(N)n1)CC2)c1nccs1. The predicted octanol–water partition coefficient (Wildman–Crippen LogP) is 2.47. The van der Waals surface area contributed by atoms with Gasteiger partial charge in [0.15, 0.2) is 0 Å². The molecule has 0 spiro atoms. The minimum atomic E-state index is -1.12. The summed E-state index contributed by atoms with van der Waals surface area (Å²) in [5.41, 5.74) is 7.67. The summed E-state index contributed by atoms with van der Waals surface area (Å²) in [6.45, 7) is 2.60. The molecule has 1 unspecified atom stereocenters. The highest BCUT2D eigenvalue weighted by Gasteiger charge is 2.31. The second-order valence-corrected chi connectivity index (χ2v) is 6.82. The minimum Gasteiger partial charge on any atom is -0.378 e. The largest absolute Gasteiger partial charge is 0.378 e. The standard InChI is InChI=1S/C17H17N5OS/c1-17(23,15-19-7-9-24-15)12-3-2-11-5-8-22(13(11)10-12)14-4-6-20-16(18)21-14/h2-4,6-7,9-10,23H,5,8H2,1H3,(H2,18,20,21). The van der Waals surface area contributed by atoms with Gasteiger partial charge in [-0.25, -0.2) is 9.97 Å². The Hall–Kier alpha value is -2.51. The van der Waals surface area contributed by atoms with Crippen molar-refractivity contribution in [2.45, 2.75) is 18.9 Å². The van der Waals surface area contributed by atoms with E-state index in [0.29, 0.717) is 5.01 Å². The molecule has 3 heterocycles. The Morgan fingerprint density at radius 1 is 1.25 bits per heavy atom. The first-order valence-electron chi connectivity index (χ1n) is 7.67. The zero-order chi connectivity index (χ0) is 16.7. The van der Waals surface area contributed by atoms with Crippen LogP contribution in [-0.4, -0.2) is 26.6 Å². The first-order valence-corrected chi connectivity index (χ1v) is 8.55. The van der Waals surface area contributed by atoms with E-state index in [1.54, 1.807) is 19.3 Å². The molecule has 4 rings (SSSR count). The lowest BCUT2D eigenvalue weighted by Gasteiger charge is -2.24. The van der Waals surface area contributed by atoms with Crippen LogP contribution in [0.2, 0.25) is 0 Å². The number of aromatic nitrogens is 3. The van der Waals surface area contributed by atoms with Crippen LogP contribution >= 0.6 is 11.3 Å². The van der Waals surface area contributed by atoms with E-state index in [2.05, 4.69) is 25.9 Å². The lowest BCUT2D eigenvalue weighted by atomic mass is 9.95. The van der Waals surface area contributed by atoms with Crippen molar-refractivity contribution < 1.29 is 5.11 Å². The maximum Gasteiger partial charge on any atom is 0.221 e. The smallest absolute Gasteiger partial charge is 0.221 e. The van der Waals surface area contributed by atoms with Crippen LogP contribution in [0.5, 0.6) is 0 Å². The number of aliphatic hydroxyl groups is 1. The lowest BCUT2D eigenvalue weighted by molar-refractivity contribution is 0.102. The van der Waals surface area contributed by atoms with Gasteiger partial charge in [0.05, 0.1) is 0 Å². The molecule has 0 saturated heterocycles. The fraction of sp³-hybridized carbons (Fsp3) is 0.235. The summed E-state index contributed by atoms with van der Waals surface area (Å²) >= 11 is 1.45. The predicted molar refractivity (Wildman–Crippen MR) is 94.4 cm³/mol. The zero-order valence-electron chi connectivity index (χ0n) is 13.2. The van der Waals surface area contributed by atoms with Crippen molar-refractivity contribution in [3.63, 3.8) is 0 Å². The van der Waals surface area contributed by atoms with Gasteiger partial charge in [0.1, 0.15) is 16.4 Å². The highest BCUT2D eigenvalue weighted by atomic mass is 32.1. The van der Waals surface area contributed by atoms with E-state index in [-0.39, 0.29) is 5.95 Å². The number of fused-ring (bicyclic) bond motifs is 1. The average molecular weight is 339 g/mol. The van der Waals surface area contributed by atoms with Gasteiger partial charge in [-0.05, 0) is 36.6 Å². The summed E-state index contributed by atoms with van der Waals surface area (Å²) in [4.78, 5) is 14.6. The van der Waals surface area contributed by atoms with E-state index in [1.165, 1.54) is 16.9 Å². The van der Waals surface area contributed by atoms with Gasteiger partial charge < -0.3 is 15.7 Å². The first kappa shape index (κ1) is 15.0. The topological polar surface area (TPSA) is 88.2 Å². The van der Waals surface area contributed by atoms with Crippen molar-refractivity contribution in [2.75, 3.05) is 17.2 Å². The second-order valence-electron chi connectivity index (χ2n) is 5.93. The fourth-order valence-electron chi connectivity index (χ4n) is 3.02. The van der Waals surface area contributed by atoms with Crippen LogP contribution < -0.4 is 10.6 Å². The van der Waals surface area contributed by atoms with Crippen molar-refractivity contribution in [3.05, 3.63) is 58.2 Å². The van der Waals surface area contributed by atoms with Crippen molar-refractivity contribution in [2.24, 2.45) is 0 Å². The van der Waals surface area contributed by atoms with E-state index in [9.17, 15) is 5.11 Å². The Bertz CT molecular complexity index is 878. The number of nitrogens with zero attached hydrogens (tertiary/aromatic N) is 4. The van der Waals surface area contributed by atoms with Crippen LogP contribution in [0.3, 0.4) is 0 Å². The Kier molecular flexibility index (Phi) is 3.47. The molecule has 1 atom stereocenters. The zero-order valence-corrected chi connectivity index (χ0v) is 14.0. The quantitative estimate of drug-likeness (QED) is 0.762. The second kappa shape index (κ2) is 5.54. The van der Waals surface area contributed by atoms with Gasteiger partial charge in [0.2, 0.25) is 5.95 Å². The van der Waals surface area contributed by atoms with E-state index < -0.39 is 5.60 Å². The molecule has 0 amide bonds. The fourth-order valence-corrected chi connectivity index (χ4v) is 3.74. The maximum absolute atomic E-state index is 11.0. The minimum absolute atomic E-state index is 0.256. The van der Waals surface area contributed by atoms with Crippen molar-refractivity contribution >= 4 is 28.8 Å². The molecule has 0 bridgehead atoms. The van der Waals surface area contributed by atoms with E-state index in [1.807, 2.05) is 23.6 Å². The third-order valence-electron chi connectivity index (χ3n) is 4.33. The van der Waals surface area contributed by atoms with Gasteiger partial charge in [-0.15, -0.1) is 11.3 Å². The Morgan fingerprint density at radius 3 is 2.88 bits per heavy atom. The van der Waals surface area contributed by atoms with E-state index in [4.69, 9.17) is 5.73 Å². The average Bonchev–Trinajstić information content (AvgIpc) is 3.24. The summed E-state index contributed by atoms with van der Waals surface area (Å²) < 4.78 is 0. The summed E-state index contributed by atoms with van der Waals surface area (Å²) in [5.74, 6) is 1.03. The molecular weight excluding hydrogens is 322 g/mol. The summed E-state index contributed by atoms with van der Waals surface area (Å²) in [6, 6.07) is 7.90. The number of thiazole rings is 1. The Labute approximate surface area is 143 Å². The van der Waals surface area contributed by atoms with Crippen LogP contribution in [0.1, 0.15) is 23.1 Å². The molecule has 2 aromatic heterocycles. The number of hydrogen-bond acceptors (Lipinski definition) is 7. The highest BCUT2D eigenvalue weighted by Crippen LogP contribution is 2.38. The maximum atomic E-state index is 11.0. The molecule has 0 fully saturated rings. The molecule has 24 heavy (non-hydrogen) atoms. The molecule has 122 valence electrons. The first-order chi connectivity index (χ1) is 11.6. The van der Waals surface area contributed by atoms with Crippen LogP contribution in [0.15, 0.2) is 42.0 Å². The Morgan fingerprint density at radius 2 is 2.12 bits per heavy atom. The van der Waals surface area contributed by atoms with Crippen molar-refractivity contribution in [1.82, 2.24) is 15.0 Å². The number of nitrogens with two attached hydrogens (primary N) is 1. The third kappa shape index (κ3) is 2.42. The molecule has 0 radical (unpaired) electrons. The summed E-state index contributed by atoms with van der Waals surface area (Å²) in [6.07, 6.45) is 4.29. The molecule has 3 aromatic rings. The number of rotatable bonds is 3. The van der Waals surface area contributed by atoms with Gasteiger partial charge in [-0.3, -0.25) is 0 Å². The number of anilines is 3. The molecule has 3 N–H and O–H groups in total. The van der Waals surface area contributed by atoms with Crippen LogP contribution in [0.4, 0.5) is 17.5 Å². The van der Waals surface area contributed by atoms with Gasteiger partial charge in [-0.2, -0.15) is 4.98 Å². The monoisotopic (exact) mass is 339 g/mol. The van der Waals surface area contributed by atoms with Gasteiger partial charge in [-0.1, -0.05) is 12.1 Å². The van der Waals surface area contributed by atoms with Crippen LogP contribution in [0, 0.1) is 0 Å². The number of nitrogen functional groups attached to an aromatic ring is 1. The van der Waals surface area contributed by atoms with E-state index in [0.717, 1.165) is 30.0 Å². The lowest BCUT2D eigenvalue weighted by Crippen LogP contribution is -2.23. The van der Waals surface area contributed by atoms with Crippen molar-refractivity contribution in [3.8, 4) is 0 Å². The molecule has 0 aliphatic carbocycles. The highest BCUT2D eigenvalue weighted by molar-refractivity contribution is 7.09. The van der Waals surface area contributed by atoms with Gasteiger partial charge >= 0.3 is 0 Å². The summed E-state index contributed by atoms with van der Waals surface area (Å²) in [7, 11) is 0. The number of benzene rings is 1. The molecular formula is C17H17N5OS. The molecule has 6 nitrogen and oxygen atoms in total. The molecule has 1 aliphatic heterocycles. The van der Waals surface area contributed by atoms with Crippen molar-refractivity contribution in [1.29, 1.82) is 0 Å².